The number of piperidine rings is 2. The molecule has 0 aromatic heterocycles. The van der Waals surface area contributed by atoms with E-state index < -0.39 is 0 Å². The highest BCUT2D eigenvalue weighted by Gasteiger charge is 2.50. The Morgan fingerprint density at radius 1 is 1.15 bits per heavy atom. The van der Waals surface area contributed by atoms with Crippen molar-refractivity contribution in [1.82, 2.24) is 10.2 Å². The summed E-state index contributed by atoms with van der Waals surface area (Å²) in [5, 5.41) is 3.54. The molecule has 3 aliphatic heterocycles. The number of hydrogen-bond donors (Lipinski definition) is 1. The number of rotatable bonds is 2. The van der Waals surface area contributed by atoms with Crippen LogP contribution in [0.4, 0.5) is 0 Å². The monoisotopic (exact) mass is 270 g/mol. The van der Waals surface area contributed by atoms with E-state index in [-0.39, 0.29) is 0 Å². The zero-order chi connectivity index (χ0) is 13.5. The normalized spacial score (nSPS) is 35.1. The van der Waals surface area contributed by atoms with E-state index in [1.54, 1.807) is 0 Å². The fourth-order valence-corrected chi connectivity index (χ4v) is 4.63. The molecule has 3 saturated heterocycles. The van der Waals surface area contributed by atoms with Gasteiger partial charge in [0.2, 0.25) is 5.91 Å². The van der Waals surface area contributed by atoms with Gasteiger partial charge in [0.25, 0.3) is 0 Å². The predicted octanol–water partition coefficient (Wildman–Crippen LogP) is 1.69. The van der Waals surface area contributed by atoms with Crippen LogP contribution in [0.2, 0.25) is 0 Å². The Labute approximate surface area is 120 Å². The van der Waals surface area contributed by atoms with Gasteiger partial charge in [-0.25, -0.2) is 0 Å². The van der Waals surface area contributed by atoms with Gasteiger partial charge in [-0.1, -0.05) is 30.3 Å². The highest BCUT2D eigenvalue weighted by atomic mass is 16.2. The third kappa shape index (κ3) is 1.96. The highest BCUT2D eigenvalue weighted by Crippen LogP contribution is 2.45. The number of carbonyl (C=O) groups excluding carboxylic acids is 1. The van der Waals surface area contributed by atoms with E-state index in [2.05, 4.69) is 22.3 Å². The summed E-state index contributed by atoms with van der Waals surface area (Å²) in [7, 11) is 0. The summed E-state index contributed by atoms with van der Waals surface area (Å²) in [5.41, 5.74) is 1.14. The molecule has 4 fully saturated rings. The van der Waals surface area contributed by atoms with Crippen LogP contribution in [0.1, 0.15) is 18.4 Å². The van der Waals surface area contributed by atoms with Crippen LogP contribution in [0, 0.1) is 17.8 Å². The molecule has 106 valence electrons. The summed E-state index contributed by atoms with van der Waals surface area (Å²) >= 11 is 0. The molecule has 4 aliphatic rings. The molecule has 1 saturated carbocycles. The molecule has 0 spiro atoms. The molecule has 4 atom stereocenters. The van der Waals surface area contributed by atoms with E-state index in [9.17, 15) is 4.79 Å². The van der Waals surface area contributed by atoms with Crippen molar-refractivity contribution < 1.29 is 4.79 Å². The van der Waals surface area contributed by atoms with Crippen molar-refractivity contribution in [2.75, 3.05) is 19.6 Å². The first-order valence-electron chi connectivity index (χ1n) is 7.87. The molecular weight excluding hydrogens is 248 g/mol. The summed E-state index contributed by atoms with van der Waals surface area (Å²) in [6, 6.07) is 10.6. The first-order chi connectivity index (χ1) is 9.83. The fraction of sp³-hybridized carbons (Fsp3) is 0.588. The number of fused-ring (bicyclic) bond motifs is 2. The molecule has 1 aromatic carbocycles. The molecule has 2 bridgehead atoms. The van der Waals surface area contributed by atoms with Crippen LogP contribution in [-0.2, 0) is 11.2 Å². The Balaban J connectivity index is 1.50. The van der Waals surface area contributed by atoms with Gasteiger partial charge in [0.1, 0.15) is 0 Å². The van der Waals surface area contributed by atoms with Crippen LogP contribution in [0.5, 0.6) is 0 Å². The van der Waals surface area contributed by atoms with Crippen molar-refractivity contribution in [3.8, 4) is 0 Å². The lowest BCUT2D eigenvalue weighted by atomic mass is 9.66. The standard InChI is InChI=1S/C17H22N2O/c20-17(8-12-4-2-1-3-5-12)19-11-13-6-7-16(19)15-10-18-9-14(13)15/h1-5,13-16,18H,6-11H2. The number of amides is 1. The van der Waals surface area contributed by atoms with Crippen LogP contribution in [0.3, 0.4) is 0 Å². The highest BCUT2D eigenvalue weighted by molar-refractivity contribution is 5.79. The van der Waals surface area contributed by atoms with Crippen molar-refractivity contribution in [1.29, 1.82) is 0 Å². The van der Waals surface area contributed by atoms with E-state index in [0.29, 0.717) is 24.3 Å². The van der Waals surface area contributed by atoms with Crippen LogP contribution in [0.25, 0.3) is 0 Å². The molecule has 1 N–H and O–H groups in total. The molecule has 4 unspecified atom stereocenters. The van der Waals surface area contributed by atoms with Crippen LogP contribution >= 0.6 is 0 Å². The summed E-state index contributed by atoms with van der Waals surface area (Å²) in [6.07, 6.45) is 3.10. The van der Waals surface area contributed by atoms with E-state index in [1.165, 1.54) is 19.4 Å². The maximum Gasteiger partial charge on any atom is 0.227 e. The maximum atomic E-state index is 12.7. The zero-order valence-electron chi connectivity index (χ0n) is 11.8. The molecule has 5 rings (SSSR count). The summed E-state index contributed by atoms with van der Waals surface area (Å²) in [5.74, 6) is 2.60. The summed E-state index contributed by atoms with van der Waals surface area (Å²) in [4.78, 5) is 14.9. The second kappa shape index (κ2) is 4.88. The second-order valence-corrected chi connectivity index (χ2v) is 6.60. The Kier molecular flexibility index (Phi) is 3.03. The van der Waals surface area contributed by atoms with Gasteiger partial charge in [0, 0.05) is 19.1 Å². The van der Waals surface area contributed by atoms with E-state index in [4.69, 9.17) is 0 Å². The Hall–Kier alpha value is -1.35. The molecule has 1 aliphatic carbocycles. The molecule has 0 radical (unpaired) electrons. The Morgan fingerprint density at radius 3 is 2.80 bits per heavy atom. The van der Waals surface area contributed by atoms with Gasteiger partial charge in [-0.2, -0.15) is 0 Å². The van der Waals surface area contributed by atoms with Crippen LogP contribution in [0.15, 0.2) is 30.3 Å². The Bertz CT molecular complexity index is 501. The Morgan fingerprint density at radius 2 is 1.95 bits per heavy atom. The SMILES string of the molecule is O=C(Cc1ccccc1)N1CC2CCC1C1CNCC21. The van der Waals surface area contributed by atoms with Crippen molar-refractivity contribution >= 4 is 5.91 Å². The van der Waals surface area contributed by atoms with Gasteiger partial charge in [0.15, 0.2) is 0 Å². The van der Waals surface area contributed by atoms with Gasteiger partial charge in [-0.05, 0) is 42.7 Å². The molecule has 3 heterocycles. The molecule has 1 aromatic rings. The average Bonchev–Trinajstić information content (AvgIpc) is 3.00. The molecule has 20 heavy (non-hydrogen) atoms. The third-order valence-electron chi connectivity index (χ3n) is 5.59. The first kappa shape index (κ1) is 12.4. The topological polar surface area (TPSA) is 32.3 Å². The van der Waals surface area contributed by atoms with Crippen molar-refractivity contribution in [3.05, 3.63) is 35.9 Å². The maximum absolute atomic E-state index is 12.7. The third-order valence-corrected chi connectivity index (χ3v) is 5.59. The van der Waals surface area contributed by atoms with Crippen LogP contribution in [-0.4, -0.2) is 36.5 Å². The smallest absolute Gasteiger partial charge is 0.227 e. The number of nitrogens with one attached hydrogen (secondary N) is 1. The number of carbonyl (C=O) groups is 1. The van der Waals surface area contributed by atoms with E-state index >= 15 is 0 Å². The van der Waals surface area contributed by atoms with E-state index in [1.807, 2.05) is 18.2 Å². The van der Waals surface area contributed by atoms with E-state index in [0.717, 1.165) is 30.5 Å². The minimum absolute atomic E-state index is 0.330. The second-order valence-electron chi connectivity index (χ2n) is 6.60. The van der Waals surface area contributed by atoms with Gasteiger partial charge in [-0.3, -0.25) is 4.79 Å². The van der Waals surface area contributed by atoms with Crippen LogP contribution < -0.4 is 5.32 Å². The molecule has 3 heteroatoms. The molecule has 1 amide bonds. The van der Waals surface area contributed by atoms with Gasteiger partial charge in [-0.15, -0.1) is 0 Å². The van der Waals surface area contributed by atoms with Crippen molar-refractivity contribution in [2.24, 2.45) is 17.8 Å². The summed E-state index contributed by atoms with van der Waals surface area (Å²) < 4.78 is 0. The summed E-state index contributed by atoms with van der Waals surface area (Å²) in [6.45, 7) is 3.28. The minimum atomic E-state index is 0.330. The first-order valence-corrected chi connectivity index (χ1v) is 7.87. The van der Waals surface area contributed by atoms with Gasteiger partial charge in [0.05, 0.1) is 6.42 Å². The van der Waals surface area contributed by atoms with Crippen molar-refractivity contribution in [2.45, 2.75) is 25.3 Å². The lowest BCUT2D eigenvalue weighted by Gasteiger charge is -2.52. The van der Waals surface area contributed by atoms with Gasteiger partial charge >= 0.3 is 0 Å². The van der Waals surface area contributed by atoms with Gasteiger partial charge < -0.3 is 10.2 Å². The largest absolute Gasteiger partial charge is 0.339 e. The molecular formula is C17H22N2O. The number of benzene rings is 1. The fourth-order valence-electron chi connectivity index (χ4n) is 4.63. The van der Waals surface area contributed by atoms with Crippen molar-refractivity contribution in [3.63, 3.8) is 0 Å². The molecule has 3 nitrogen and oxygen atoms in total. The quantitative estimate of drug-likeness (QED) is 0.887. The number of nitrogens with zero attached hydrogens (tertiary/aromatic N) is 1. The average molecular weight is 270 g/mol. The lowest BCUT2D eigenvalue weighted by molar-refractivity contribution is -0.142. The zero-order valence-corrected chi connectivity index (χ0v) is 11.8. The lowest BCUT2D eigenvalue weighted by Crippen LogP contribution is -2.59. The predicted molar refractivity (Wildman–Crippen MR) is 78.2 cm³/mol. The number of hydrogen-bond acceptors (Lipinski definition) is 2. The minimum Gasteiger partial charge on any atom is -0.339 e.